The van der Waals surface area contributed by atoms with Crippen molar-refractivity contribution in [2.24, 2.45) is 11.7 Å². The summed E-state index contributed by atoms with van der Waals surface area (Å²) in [6, 6.07) is 0. The van der Waals surface area contributed by atoms with Crippen molar-refractivity contribution >= 4 is 5.84 Å². The maximum Gasteiger partial charge on any atom is 0.0937 e. The summed E-state index contributed by atoms with van der Waals surface area (Å²) in [5.74, 6) is 0.676. The van der Waals surface area contributed by atoms with Crippen molar-refractivity contribution < 1.29 is 4.74 Å². The van der Waals surface area contributed by atoms with Crippen molar-refractivity contribution in [1.29, 1.82) is 5.41 Å². The highest BCUT2D eigenvalue weighted by Gasteiger charge is 2.20. The van der Waals surface area contributed by atoms with Gasteiger partial charge in [0.25, 0.3) is 0 Å². The van der Waals surface area contributed by atoms with Crippen molar-refractivity contribution in [2.75, 3.05) is 32.8 Å². The molecule has 88 valence electrons. The molecule has 0 unspecified atom stereocenters. The number of nitrogens with one attached hydrogen (secondary N) is 1. The molecule has 1 fully saturated rings. The van der Waals surface area contributed by atoms with E-state index < -0.39 is 0 Å². The van der Waals surface area contributed by atoms with Crippen LogP contribution in [0.2, 0.25) is 0 Å². The Kier molecular flexibility index (Phi) is 5.65. The molecule has 0 amide bonds. The first kappa shape index (κ1) is 12.5. The maximum absolute atomic E-state index is 7.38. The Hall–Kier alpha value is -0.610. The molecular weight excluding hydrogens is 190 g/mol. The molecule has 0 aromatic heterocycles. The molecule has 1 aliphatic rings. The maximum atomic E-state index is 7.38. The van der Waals surface area contributed by atoms with E-state index in [2.05, 4.69) is 11.8 Å². The van der Waals surface area contributed by atoms with Crippen LogP contribution in [-0.2, 0) is 4.74 Å². The lowest BCUT2D eigenvalue weighted by atomic mass is 9.96. The SMILES string of the molecule is CCCOCCN1CCC(C(=N)N)CC1. The molecule has 0 atom stereocenters. The zero-order chi connectivity index (χ0) is 11.1. The van der Waals surface area contributed by atoms with Crippen molar-refractivity contribution in [3.8, 4) is 0 Å². The molecule has 4 nitrogen and oxygen atoms in total. The Morgan fingerprint density at radius 1 is 1.40 bits per heavy atom. The molecule has 0 aromatic carbocycles. The highest BCUT2D eigenvalue weighted by molar-refractivity contribution is 5.79. The lowest BCUT2D eigenvalue weighted by Gasteiger charge is -2.31. The van der Waals surface area contributed by atoms with Gasteiger partial charge in [0.2, 0.25) is 0 Å². The summed E-state index contributed by atoms with van der Waals surface area (Å²) < 4.78 is 5.45. The molecule has 3 N–H and O–H groups in total. The number of ether oxygens (including phenoxy) is 1. The standard InChI is InChI=1S/C11H23N3O/c1-2-8-15-9-7-14-5-3-10(4-6-14)11(12)13/h10H,2-9H2,1H3,(H3,12,13). The fraction of sp³-hybridized carbons (Fsp3) is 0.909. The van der Waals surface area contributed by atoms with Crippen LogP contribution < -0.4 is 5.73 Å². The predicted molar refractivity (Wildman–Crippen MR) is 62.2 cm³/mol. The lowest BCUT2D eigenvalue weighted by Crippen LogP contribution is -2.39. The number of piperidine rings is 1. The van der Waals surface area contributed by atoms with E-state index in [1.54, 1.807) is 0 Å². The molecule has 4 heteroatoms. The van der Waals surface area contributed by atoms with Crippen LogP contribution in [0, 0.1) is 11.3 Å². The zero-order valence-corrected chi connectivity index (χ0v) is 9.67. The lowest BCUT2D eigenvalue weighted by molar-refractivity contribution is 0.0935. The minimum absolute atomic E-state index is 0.317. The van der Waals surface area contributed by atoms with E-state index in [0.29, 0.717) is 11.8 Å². The molecule has 15 heavy (non-hydrogen) atoms. The molecule has 0 aromatic rings. The molecule has 1 heterocycles. The summed E-state index contributed by atoms with van der Waals surface area (Å²) in [7, 11) is 0. The zero-order valence-electron chi connectivity index (χ0n) is 9.67. The van der Waals surface area contributed by atoms with E-state index >= 15 is 0 Å². The van der Waals surface area contributed by atoms with Gasteiger partial charge in [-0.15, -0.1) is 0 Å². The van der Waals surface area contributed by atoms with Crippen molar-refractivity contribution in [3.63, 3.8) is 0 Å². The van der Waals surface area contributed by atoms with Crippen molar-refractivity contribution in [1.82, 2.24) is 4.90 Å². The second-order valence-electron chi connectivity index (χ2n) is 4.18. The second kappa shape index (κ2) is 6.80. The first-order valence-corrected chi connectivity index (χ1v) is 5.88. The number of rotatable bonds is 6. The summed E-state index contributed by atoms with van der Waals surface area (Å²) >= 11 is 0. The number of hydrogen-bond donors (Lipinski definition) is 2. The Morgan fingerprint density at radius 2 is 2.07 bits per heavy atom. The van der Waals surface area contributed by atoms with E-state index in [4.69, 9.17) is 15.9 Å². The number of nitrogens with two attached hydrogens (primary N) is 1. The van der Waals surface area contributed by atoms with Crippen LogP contribution in [0.1, 0.15) is 26.2 Å². The van der Waals surface area contributed by atoms with Crippen LogP contribution in [0.25, 0.3) is 0 Å². The smallest absolute Gasteiger partial charge is 0.0937 e. The highest BCUT2D eigenvalue weighted by atomic mass is 16.5. The molecule has 1 saturated heterocycles. The molecule has 0 spiro atoms. The van der Waals surface area contributed by atoms with Gasteiger partial charge in [-0.2, -0.15) is 0 Å². The average Bonchev–Trinajstić information content (AvgIpc) is 2.25. The fourth-order valence-corrected chi connectivity index (χ4v) is 1.91. The number of nitrogens with zero attached hydrogens (tertiary/aromatic N) is 1. The molecule has 0 bridgehead atoms. The van der Waals surface area contributed by atoms with Gasteiger partial charge in [-0.1, -0.05) is 6.92 Å². The summed E-state index contributed by atoms with van der Waals surface area (Å²) in [6.45, 7) is 6.95. The van der Waals surface area contributed by atoms with Gasteiger partial charge < -0.3 is 15.4 Å². The molecule has 1 aliphatic heterocycles. The first-order valence-electron chi connectivity index (χ1n) is 5.88. The van der Waals surface area contributed by atoms with Crippen LogP contribution >= 0.6 is 0 Å². The van der Waals surface area contributed by atoms with Crippen molar-refractivity contribution in [3.05, 3.63) is 0 Å². The average molecular weight is 213 g/mol. The van der Waals surface area contributed by atoms with Crippen LogP contribution in [0.15, 0.2) is 0 Å². The van der Waals surface area contributed by atoms with Gasteiger partial charge in [-0.05, 0) is 32.4 Å². The van der Waals surface area contributed by atoms with E-state index in [-0.39, 0.29) is 0 Å². The summed E-state index contributed by atoms with van der Waals surface area (Å²) in [4.78, 5) is 2.40. The van der Waals surface area contributed by atoms with Gasteiger partial charge in [-0.25, -0.2) is 0 Å². The van der Waals surface area contributed by atoms with Gasteiger partial charge in [0, 0.05) is 19.1 Å². The monoisotopic (exact) mass is 213 g/mol. The van der Waals surface area contributed by atoms with E-state index in [9.17, 15) is 0 Å². The van der Waals surface area contributed by atoms with Gasteiger partial charge in [0.05, 0.1) is 12.4 Å². The number of hydrogen-bond acceptors (Lipinski definition) is 3. The highest BCUT2D eigenvalue weighted by Crippen LogP contribution is 2.16. The van der Waals surface area contributed by atoms with Gasteiger partial charge in [0.1, 0.15) is 0 Å². The number of likely N-dealkylation sites (tertiary alicyclic amines) is 1. The largest absolute Gasteiger partial charge is 0.387 e. The predicted octanol–water partition coefficient (Wildman–Crippen LogP) is 1.06. The number of amidine groups is 1. The van der Waals surface area contributed by atoms with Crippen LogP contribution in [0.3, 0.4) is 0 Å². The fourth-order valence-electron chi connectivity index (χ4n) is 1.91. The Morgan fingerprint density at radius 3 is 2.60 bits per heavy atom. The quantitative estimate of drug-likeness (QED) is 0.394. The Bertz CT molecular complexity index is 188. The minimum atomic E-state index is 0.317. The van der Waals surface area contributed by atoms with E-state index in [1.807, 2.05) is 0 Å². The minimum Gasteiger partial charge on any atom is -0.387 e. The third-order valence-corrected chi connectivity index (χ3v) is 2.93. The van der Waals surface area contributed by atoms with Gasteiger partial charge in [0.15, 0.2) is 0 Å². The third-order valence-electron chi connectivity index (χ3n) is 2.93. The second-order valence-corrected chi connectivity index (χ2v) is 4.18. The first-order chi connectivity index (χ1) is 7.24. The van der Waals surface area contributed by atoms with E-state index in [1.165, 1.54) is 0 Å². The molecule has 1 rings (SSSR count). The van der Waals surface area contributed by atoms with E-state index in [0.717, 1.165) is 52.1 Å². The topological polar surface area (TPSA) is 62.3 Å². The van der Waals surface area contributed by atoms with Gasteiger partial charge >= 0.3 is 0 Å². The van der Waals surface area contributed by atoms with Crippen LogP contribution in [0.4, 0.5) is 0 Å². The van der Waals surface area contributed by atoms with Gasteiger partial charge in [-0.3, -0.25) is 5.41 Å². The molecular formula is C11H23N3O. The molecule has 0 radical (unpaired) electrons. The summed E-state index contributed by atoms with van der Waals surface area (Å²) in [5, 5.41) is 7.38. The van der Waals surface area contributed by atoms with Crippen LogP contribution in [-0.4, -0.2) is 43.6 Å². The Labute approximate surface area is 92.3 Å². The summed E-state index contributed by atoms with van der Waals surface area (Å²) in [5.41, 5.74) is 5.49. The normalized spacial score (nSPS) is 19.3. The molecule has 0 aliphatic carbocycles. The summed E-state index contributed by atoms with van der Waals surface area (Å²) in [6.07, 6.45) is 3.15. The Balaban J connectivity index is 2.07. The van der Waals surface area contributed by atoms with Crippen LogP contribution in [0.5, 0.6) is 0 Å². The van der Waals surface area contributed by atoms with Crippen molar-refractivity contribution in [2.45, 2.75) is 26.2 Å². The molecule has 0 saturated carbocycles. The third kappa shape index (κ3) is 4.62.